The van der Waals surface area contributed by atoms with Gasteiger partial charge in [-0.25, -0.2) is 4.98 Å². The summed E-state index contributed by atoms with van der Waals surface area (Å²) in [4.78, 5) is 16.3. The van der Waals surface area contributed by atoms with Crippen LogP contribution in [0.25, 0.3) is 0 Å². The minimum absolute atomic E-state index is 0.102. The van der Waals surface area contributed by atoms with E-state index >= 15 is 0 Å². The smallest absolute Gasteiger partial charge is 0.230 e. The van der Waals surface area contributed by atoms with E-state index in [0.29, 0.717) is 22.2 Å². The standard InChI is InChI=1S/C17H16ClN3OS/c1-11-7-12(2)21-17(15(11)8-19)23-10-16(22)20-9-13-3-5-14(18)6-4-13/h3-7H,9-10H2,1-2H3,(H,20,22). The number of nitriles is 1. The number of nitrogens with one attached hydrogen (secondary N) is 1. The Balaban J connectivity index is 1.92. The van der Waals surface area contributed by atoms with Crippen molar-refractivity contribution in [2.45, 2.75) is 25.4 Å². The van der Waals surface area contributed by atoms with Crippen molar-refractivity contribution in [1.29, 1.82) is 5.26 Å². The highest BCUT2D eigenvalue weighted by atomic mass is 35.5. The molecule has 0 saturated carbocycles. The van der Waals surface area contributed by atoms with E-state index in [1.807, 2.05) is 32.0 Å². The summed E-state index contributed by atoms with van der Waals surface area (Å²) in [6, 6.07) is 11.3. The van der Waals surface area contributed by atoms with Gasteiger partial charge in [0.2, 0.25) is 5.91 Å². The highest BCUT2D eigenvalue weighted by Crippen LogP contribution is 2.23. The predicted molar refractivity (Wildman–Crippen MR) is 92.4 cm³/mol. The van der Waals surface area contributed by atoms with Crippen molar-refractivity contribution in [3.8, 4) is 6.07 Å². The van der Waals surface area contributed by atoms with E-state index in [0.717, 1.165) is 16.8 Å². The third-order valence-corrected chi connectivity index (χ3v) is 4.39. The van der Waals surface area contributed by atoms with Gasteiger partial charge in [0.25, 0.3) is 0 Å². The van der Waals surface area contributed by atoms with Gasteiger partial charge < -0.3 is 5.32 Å². The zero-order valence-electron chi connectivity index (χ0n) is 12.9. The fourth-order valence-corrected chi connectivity index (χ4v) is 3.09. The molecule has 0 saturated heterocycles. The predicted octanol–water partition coefficient (Wildman–Crippen LogP) is 3.63. The number of carbonyl (C=O) groups excluding carboxylic acids is 1. The first-order valence-electron chi connectivity index (χ1n) is 7.02. The van der Waals surface area contributed by atoms with Gasteiger partial charge in [-0.15, -0.1) is 0 Å². The fraction of sp³-hybridized carbons (Fsp3) is 0.235. The monoisotopic (exact) mass is 345 g/mol. The number of hydrogen-bond donors (Lipinski definition) is 1. The van der Waals surface area contributed by atoms with E-state index in [9.17, 15) is 10.1 Å². The number of thioether (sulfide) groups is 1. The van der Waals surface area contributed by atoms with E-state index in [-0.39, 0.29) is 11.7 Å². The van der Waals surface area contributed by atoms with Crippen LogP contribution in [-0.4, -0.2) is 16.6 Å². The molecule has 1 amide bonds. The summed E-state index contributed by atoms with van der Waals surface area (Å²) in [6.07, 6.45) is 0. The zero-order chi connectivity index (χ0) is 16.8. The molecule has 118 valence electrons. The Morgan fingerprint density at radius 1 is 1.35 bits per heavy atom. The van der Waals surface area contributed by atoms with E-state index in [2.05, 4.69) is 16.4 Å². The zero-order valence-corrected chi connectivity index (χ0v) is 14.5. The van der Waals surface area contributed by atoms with Gasteiger partial charge in [0.1, 0.15) is 11.1 Å². The molecule has 0 aliphatic carbocycles. The van der Waals surface area contributed by atoms with Crippen molar-refractivity contribution >= 4 is 29.3 Å². The molecule has 0 aliphatic rings. The van der Waals surface area contributed by atoms with Crippen LogP contribution in [0.2, 0.25) is 5.02 Å². The number of pyridine rings is 1. The molecule has 1 heterocycles. The van der Waals surface area contributed by atoms with Crippen LogP contribution in [0.4, 0.5) is 0 Å². The number of carbonyl (C=O) groups is 1. The summed E-state index contributed by atoms with van der Waals surface area (Å²) in [6.45, 7) is 4.19. The van der Waals surface area contributed by atoms with Crippen LogP contribution in [0.1, 0.15) is 22.4 Å². The fourth-order valence-electron chi connectivity index (χ4n) is 2.03. The maximum absolute atomic E-state index is 12.0. The van der Waals surface area contributed by atoms with Gasteiger partial charge in [0.15, 0.2) is 0 Å². The third kappa shape index (κ3) is 4.98. The van der Waals surface area contributed by atoms with Crippen molar-refractivity contribution in [2.75, 3.05) is 5.75 Å². The number of benzene rings is 1. The summed E-state index contributed by atoms with van der Waals surface area (Å²) in [5, 5.41) is 13.3. The first-order valence-corrected chi connectivity index (χ1v) is 8.38. The molecule has 0 radical (unpaired) electrons. The number of aryl methyl sites for hydroxylation is 2. The molecular weight excluding hydrogens is 330 g/mol. The maximum atomic E-state index is 12.0. The van der Waals surface area contributed by atoms with Gasteiger partial charge in [0.05, 0.1) is 11.3 Å². The largest absolute Gasteiger partial charge is 0.351 e. The summed E-state index contributed by atoms with van der Waals surface area (Å²) >= 11 is 7.10. The average Bonchev–Trinajstić information content (AvgIpc) is 2.52. The summed E-state index contributed by atoms with van der Waals surface area (Å²) in [7, 11) is 0. The highest BCUT2D eigenvalue weighted by molar-refractivity contribution is 8.00. The molecule has 1 aromatic carbocycles. The van der Waals surface area contributed by atoms with Crippen molar-refractivity contribution in [2.24, 2.45) is 0 Å². The Labute approximate surface area is 144 Å². The van der Waals surface area contributed by atoms with E-state index < -0.39 is 0 Å². The first-order chi connectivity index (χ1) is 11.0. The lowest BCUT2D eigenvalue weighted by Gasteiger charge is -2.08. The molecule has 0 spiro atoms. The van der Waals surface area contributed by atoms with Gasteiger partial charge in [-0.05, 0) is 43.2 Å². The van der Waals surface area contributed by atoms with Gasteiger partial charge in [-0.3, -0.25) is 4.79 Å². The molecule has 6 heteroatoms. The van der Waals surface area contributed by atoms with Crippen molar-refractivity contribution in [1.82, 2.24) is 10.3 Å². The van der Waals surface area contributed by atoms with E-state index in [4.69, 9.17) is 11.6 Å². The molecule has 0 atom stereocenters. The lowest BCUT2D eigenvalue weighted by atomic mass is 10.1. The summed E-state index contributed by atoms with van der Waals surface area (Å²) in [5.74, 6) is 0.118. The Morgan fingerprint density at radius 3 is 2.70 bits per heavy atom. The van der Waals surface area contributed by atoms with E-state index in [1.165, 1.54) is 11.8 Å². The molecule has 4 nitrogen and oxygen atoms in total. The average molecular weight is 346 g/mol. The molecule has 2 aromatic rings. The van der Waals surface area contributed by atoms with Crippen LogP contribution in [0.5, 0.6) is 0 Å². The maximum Gasteiger partial charge on any atom is 0.230 e. The minimum atomic E-state index is -0.102. The van der Waals surface area contributed by atoms with Crippen LogP contribution in [0.15, 0.2) is 35.4 Å². The number of amides is 1. The number of rotatable bonds is 5. The third-order valence-electron chi connectivity index (χ3n) is 3.17. The quantitative estimate of drug-likeness (QED) is 0.840. The van der Waals surface area contributed by atoms with Crippen LogP contribution >= 0.6 is 23.4 Å². The molecule has 0 aliphatic heterocycles. The van der Waals surface area contributed by atoms with Crippen LogP contribution in [-0.2, 0) is 11.3 Å². The molecule has 1 aromatic heterocycles. The van der Waals surface area contributed by atoms with Gasteiger partial charge in [-0.1, -0.05) is 35.5 Å². The normalized spacial score (nSPS) is 10.2. The van der Waals surface area contributed by atoms with Gasteiger partial charge in [0, 0.05) is 17.3 Å². The summed E-state index contributed by atoms with van der Waals surface area (Å²) in [5.41, 5.74) is 3.23. The van der Waals surface area contributed by atoms with Crippen LogP contribution in [0, 0.1) is 25.2 Å². The Kier molecular flexibility index (Phi) is 6.03. The lowest BCUT2D eigenvalue weighted by Crippen LogP contribution is -2.24. The second-order valence-electron chi connectivity index (χ2n) is 5.06. The van der Waals surface area contributed by atoms with Gasteiger partial charge in [-0.2, -0.15) is 5.26 Å². The van der Waals surface area contributed by atoms with Crippen molar-refractivity contribution in [3.63, 3.8) is 0 Å². The van der Waals surface area contributed by atoms with E-state index in [1.54, 1.807) is 12.1 Å². The molecule has 0 bridgehead atoms. The summed E-state index contributed by atoms with van der Waals surface area (Å²) < 4.78 is 0. The number of hydrogen-bond acceptors (Lipinski definition) is 4. The molecule has 2 rings (SSSR count). The molecule has 1 N–H and O–H groups in total. The van der Waals surface area contributed by atoms with Crippen LogP contribution < -0.4 is 5.32 Å². The number of nitrogens with zero attached hydrogens (tertiary/aromatic N) is 2. The molecule has 0 unspecified atom stereocenters. The Morgan fingerprint density at radius 2 is 2.04 bits per heavy atom. The molecule has 23 heavy (non-hydrogen) atoms. The van der Waals surface area contributed by atoms with Crippen LogP contribution in [0.3, 0.4) is 0 Å². The lowest BCUT2D eigenvalue weighted by molar-refractivity contribution is -0.118. The molecular formula is C17H16ClN3OS. The van der Waals surface area contributed by atoms with Crippen molar-refractivity contribution < 1.29 is 4.79 Å². The second-order valence-corrected chi connectivity index (χ2v) is 6.46. The SMILES string of the molecule is Cc1cc(C)c(C#N)c(SCC(=O)NCc2ccc(Cl)cc2)n1. The Hall–Kier alpha value is -2.03. The minimum Gasteiger partial charge on any atom is -0.351 e. The highest BCUT2D eigenvalue weighted by Gasteiger charge is 2.11. The number of aromatic nitrogens is 1. The molecule has 0 fully saturated rings. The first kappa shape index (κ1) is 17.3. The second kappa shape index (κ2) is 8.00. The van der Waals surface area contributed by atoms with Gasteiger partial charge >= 0.3 is 0 Å². The number of halogens is 1. The topological polar surface area (TPSA) is 65.8 Å². The van der Waals surface area contributed by atoms with Crippen molar-refractivity contribution in [3.05, 3.63) is 57.7 Å². The Bertz CT molecular complexity index is 754.